The highest BCUT2D eigenvalue weighted by molar-refractivity contribution is 6.06. The molecule has 33 heavy (non-hydrogen) atoms. The molecule has 7 heteroatoms. The van der Waals surface area contributed by atoms with Crippen LogP contribution in [0, 0.1) is 6.92 Å². The van der Waals surface area contributed by atoms with Crippen LogP contribution in [0.4, 0.5) is 11.4 Å². The SMILES string of the molecule is Cc1ccccc1N(CCN1CCOc2c(OCC(=O)O)cccc21)C(=O)c1ccccc1. The van der Waals surface area contributed by atoms with Gasteiger partial charge in [0.2, 0.25) is 0 Å². The number of carboxylic acid groups (broad SMARTS) is 1. The second-order valence-electron chi connectivity index (χ2n) is 7.73. The van der Waals surface area contributed by atoms with Gasteiger partial charge in [0.1, 0.15) is 6.61 Å². The zero-order chi connectivity index (χ0) is 23.2. The summed E-state index contributed by atoms with van der Waals surface area (Å²) in [5, 5.41) is 8.94. The van der Waals surface area contributed by atoms with E-state index in [0.717, 1.165) is 16.9 Å². The minimum Gasteiger partial charge on any atom is -0.486 e. The van der Waals surface area contributed by atoms with E-state index in [1.54, 1.807) is 6.07 Å². The monoisotopic (exact) mass is 446 g/mol. The summed E-state index contributed by atoms with van der Waals surface area (Å²) in [6.45, 7) is 3.70. The van der Waals surface area contributed by atoms with Crippen molar-refractivity contribution in [2.45, 2.75) is 6.92 Å². The molecule has 0 saturated carbocycles. The molecule has 3 aromatic rings. The number of carboxylic acids is 1. The van der Waals surface area contributed by atoms with Crippen molar-refractivity contribution in [1.82, 2.24) is 0 Å². The molecular formula is C26H26N2O5. The van der Waals surface area contributed by atoms with Crippen molar-refractivity contribution in [3.8, 4) is 11.5 Å². The molecule has 1 N–H and O–H groups in total. The number of fused-ring (bicyclic) bond motifs is 1. The molecule has 0 spiro atoms. The lowest BCUT2D eigenvalue weighted by molar-refractivity contribution is -0.139. The summed E-state index contributed by atoms with van der Waals surface area (Å²) < 4.78 is 11.2. The molecule has 1 amide bonds. The Hall–Kier alpha value is -4.00. The van der Waals surface area contributed by atoms with Gasteiger partial charge in [-0.1, -0.05) is 42.5 Å². The van der Waals surface area contributed by atoms with Crippen molar-refractivity contribution in [3.05, 3.63) is 83.9 Å². The lowest BCUT2D eigenvalue weighted by Crippen LogP contribution is -2.42. The normalized spacial score (nSPS) is 12.5. The third-order valence-electron chi connectivity index (χ3n) is 5.52. The molecule has 7 nitrogen and oxygen atoms in total. The van der Waals surface area contributed by atoms with E-state index >= 15 is 0 Å². The van der Waals surface area contributed by atoms with Crippen LogP contribution >= 0.6 is 0 Å². The molecule has 0 saturated heterocycles. The standard InChI is InChI=1S/C26H26N2O5/c1-19-8-5-6-11-21(19)28(26(31)20-9-3-2-4-10-20)15-14-27-16-17-32-25-22(27)12-7-13-23(25)33-18-24(29)30/h2-13H,14-18H2,1H3,(H,29,30). The van der Waals surface area contributed by atoms with Gasteiger partial charge in [0, 0.05) is 24.3 Å². The number of hydrogen-bond acceptors (Lipinski definition) is 5. The maximum absolute atomic E-state index is 13.4. The Balaban J connectivity index is 1.58. The predicted octanol–water partition coefficient (Wildman–Crippen LogP) is 4.00. The third kappa shape index (κ3) is 5.09. The second kappa shape index (κ2) is 10.1. The number of ether oxygens (including phenoxy) is 2. The van der Waals surface area contributed by atoms with Crippen LogP contribution in [0.3, 0.4) is 0 Å². The van der Waals surface area contributed by atoms with Crippen LogP contribution in [0.25, 0.3) is 0 Å². The zero-order valence-corrected chi connectivity index (χ0v) is 18.4. The van der Waals surface area contributed by atoms with E-state index in [1.807, 2.05) is 78.6 Å². The largest absolute Gasteiger partial charge is 0.486 e. The highest BCUT2D eigenvalue weighted by Crippen LogP contribution is 2.40. The van der Waals surface area contributed by atoms with Gasteiger partial charge in [0.25, 0.3) is 5.91 Å². The molecule has 0 aromatic heterocycles. The number of amides is 1. The van der Waals surface area contributed by atoms with Gasteiger partial charge in [-0.15, -0.1) is 0 Å². The number of nitrogens with zero attached hydrogens (tertiary/aromatic N) is 2. The van der Waals surface area contributed by atoms with E-state index in [4.69, 9.17) is 14.6 Å². The van der Waals surface area contributed by atoms with Gasteiger partial charge in [0.15, 0.2) is 18.1 Å². The highest BCUT2D eigenvalue weighted by atomic mass is 16.5. The second-order valence-corrected chi connectivity index (χ2v) is 7.73. The minimum atomic E-state index is -1.05. The number of para-hydroxylation sites is 2. The molecule has 0 fully saturated rings. The summed E-state index contributed by atoms with van der Waals surface area (Å²) in [5.41, 5.74) is 3.35. The van der Waals surface area contributed by atoms with Crippen molar-refractivity contribution >= 4 is 23.3 Å². The van der Waals surface area contributed by atoms with Crippen molar-refractivity contribution < 1.29 is 24.2 Å². The Morgan fingerprint density at radius 1 is 1.03 bits per heavy atom. The first-order valence-corrected chi connectivity index (χ1v) is 10.8. The lowest BCUT2D eigenvalue weighted by atomic mass is 10.1. The Bertz CT molecular complexity index is 1130. The summed E-state index contributed by atoms with van der Waals surface area (Å²) in [4.78, 5) is 28.3. The summed E-state index contributed by atoms with van der Waals surface area (Å²) in [5.74, 6) is -0.178. The van der Waals surface area contributed by atoms with Crippen molar-refractivity contribution in [1.29, 1.82) is 0 Å². The van der Waals surface area contributed by atoms with Crippen LogP contribution < -0.4 is 19.3 Å². The number of rotatable bonds is 8. The molecule has 0 bridgehead atoms. The molecule has 0 unspecified atom stereocenters. The van der Waals surface area contributed by atoms with Crippen molar-refractivity contribution in [3.63, 3.8) is 0 Å². The van der Waals surface area contributed by atoms with Crippen molar-refractivity contribution in [2.75, 3.05) is 42.6 Å². The van der Waals surface area contributed by atoms with Gasteiger partial charge in [-0.05, 0) is 42.8 Å². The number of anilines is 2. The van der Waals surface area contributed by atoms with Gasteiger partial charge in [-0.2, -0.15) is 0 Å². The van der Waals surface area contributed by atoms with Crippen LogP contribution in [0.1, 0.15) is 15.9 Å². The number of hydrogen-bond donors (Lipinski definition) is 1. The first-order chi connectivity index (χ1) is 16.0. The molecule has 0 aliphatic carbocycles. The average molecular weight is 447 g/mol. The quantitative estimate of drug-likeness (QED) is 0.563. The van der Waals surface area contributed by atoms with Gasteiger partial charge >= 0.3 is 5.97 Å². The Morgan fingerprint density at radius 3 is 2.55 bits per heavy atom. The van der Waals surface area contributed by atoms with Crippen molar-refractivity contribution in [2.24, 2.45) is 0 Å². The summed E-state index contributed by atoms with van der Waals surface area (Å²) >= 11 is 0. The van der Waals surface area contributed by atoms with Crippen LogP contribution in [-0.2, 0) is 4.79 Å². The van der Waals surface area contributed by atoms with Crippen LogP contribution in [-0.4, -0.2) is 49.8 Å². The number of carbonyl (C=O) groups is 2. The fourth-order valence-electron chi connectivity index (χ4n) is 3.92. The first kappa shape index (κ1) is 22.2. The lowest BCUT2D eigenvalue weighted by Gasteiger charge is -2.34. The van der Waals surface area contributed by atoms with Gasteiger partial charge in [-0.3, -0.25) is 4.79 Å². The molecular weight excluding hydrogens is 420 g/mol. The number of aryl methyl sites for hydroxylation is 1. The molecule has 1 aliphatic heterocycles. The maximum Gasteiger partial charge on any atom is 0.341 e. The fourth-order valence-corrected chi connectivity index (χ4v) is 3.92. The number of aliphatic carboxylic acids is 1. The molecule has 0 atom stereocenters. The molecule has 4 rings (SSSR count). The first-order valence-electron chi connectivity index (χ1n) is 10.8. The van der Waals surface area contributed by atoms with Crippen LogP contribution in [0.2, 0.25) is 0 Å². The topological polar surface area (TPSA) is 79.3 Å². The highest BCUT2D eigenvalue weighted by Gasteiger charge is 2.25. The Labute approximate surface area is 192 Å². The zero-order valence-electron chi connectivity index (χ0n) is 18.4. The molecule has 1 aliphatic rings. The minimum absolute atomic E-state index is 0.0584. The smallest absolute Gasteiger partial charge is 0.341 e. The van der Waals surface area contributed by atoms with E-state index in [2.05, 4.69) is 4.90 Å². The number of benzene rings is 3. The van der Waals surface area contributed by atoms with E-state index < -0.39 is 12.6 Å². The Morgan fingerprint density at radius 2 is 1.79 bits per heavy atom. The van der Waals surface area contributed by atoms with E-state index in [9.17, 15) is 9.59 Å². The van der Waals surface area contributed by atoms with E-state index in [-0.39, 0.29) is 5.91 Å². The maximum atomic E-state index is 13.4. The summed E-state index contributed by atoms with van der Waals surface area (Å²) in [6, 6.07) is 22.5. The fraction of sp³-hybridized carbons (Fsp3) is 0.231. The molecule has 0 radical (unpaired) electrons. The molecule has 3 aromatic carbocycles. The van der Waals surface area contributed by atoms with Gasteiger partial charge in [-0.25, -0.2) is 4.79 Å². The molecule has 1 heterocycles. The van der Waals surface area contributed by atoms with Gasteiger partial charge in [0.05, 0.1) is 12.2 Å². The van der Waals surface area contributed by atoms with Crippen LogP contribution in [0.5, 0.6) is 11.5 Å². The Kier molecular flexibility index (Phi) is 6.78. The summed E-state index contributed by atoms with van der Waals surface area (Å²) in [6.07, 6.45) is 0. The van der Waals surface area contributed by atoms with E-state index in [0.29, 0.717) is 43.3 Å². The summed E-state index contributed by atoms with van der Waals surface area (Å²) in [7, 11) is 0. The molecule has 170 valence electrons. The predicted molar refractivity (Wildman–Crippen MR) is 127 cm³/mol. The third-order valence-corrected chi connectivity index (χ3v) is 5.52. The van der Waals surface area contributed by atoms with Gasteiger partial charge < -0.3 is 24.4 Å². The average Bonchev–Trinajstić information content (AvgIpc) is 2.84. The number of carbonyl (C=O) groups excluding carboxylic acids is 1. The van der Waals surface area contributed by atoms with Crippen LogP contribution in [0.15, 0.2) is 72.8 Å². The van der Waals surface area contributed by atoms with E-state index in [1.165, 1.54) is 0 Å².